The fraction of sp³-hybridized carbons (Fsp3) is 0.500. The molecule has 172 valence electrons. The molecule has 1 aliphatic carbocycles. The van der Waals surface area contributed by atoms with Crippen molar-refractivity contribution in [2.75, 3.05) is 0 Å². The van der Waals surface area contributed by atoms with Crippen molar-refractivity contribution in [1.29, 1.82) is 0 Å². The van der Waals surface area contributed by atoms with E-state index in [4.69, 9.17) is 9.98 Å². The van der Waals surface area contributed by atoms with Crippen molar-refractivity contribution in [2.24, 2.45) is 9.98 Å². The van der Waals surface area contributed by atoms with E-state index in [1.165, 1.54) is 11.1 Å². The number of hydrogen-bond acceptors (Lipinski definition) is 4. The van der Waals surface area contributed by atoms with Gasteiger partial charge < -0.3 is 10.2 Å². The molecule has 32 heavy (non-hydrogen) atoms. The van der Waals surface area contributed by atoms with Crippen molar-refractivity contribution in [2.45, 2.75) is 91.1 Å². The average Bonchev–Trinajstić information content (AvgIpc) is 2.83. The summed E-state index contributed by atoms with van der Waals surface area (Å²) in [7, 11) is 0. The smallest absolute Gasteiger partial charge is 0.127 e. The summed E-state index contributed by atoms with van der Waals surface area (Å²) in [5.41, 5.74) is 5.99. The third-order valence-electron chi connectivity index (χ3n) is 6.64. The van der Waals surface area contributed by atoms with Gasteiger partial charge in [-0.05, 0) is 72.9 Å². The van der Waals surface area contributed by atoms with Gasteiger partial charge in [0.15, 0.2) is 0 Å². The molecule has 0 spiro atoms. The van der Waals surface area contributed by atoms with Gasteiger partial charge in [0.05, 0.1) is 12.1 Å². The minimum atomic E-state index is 0.0944. The topological polar surface area (TPSA) is 65.2 Å². The van der Waals surface area contributed by atoms with Crippen LogP contribution >= 0.6 is 0 Å². The Bertz CT molecular complexity index is 898. The van der Waals surface area contributed by atoms with Crippen molar-refractivity contribution in [3.05, 3.63) is 57.6 Å². The van der Waals surface area contributed by atoms with E-state index in [0.29, 0.717) is 11.5 Å². The summed E-state index contributed by atoms with van der Waals surface area (Å²) in [5.74, 6) is 0.690. The molecule has 0 saturated heterocycles. The highest BCUT2D eigenvalue weighted by molar-refractivity contribution is 5.85. The van der Waals surface area contributed by atoms with E-state index in [2.05, 4.69) is 39.8 Å². The first-order chi connectivity index (χ1) is 15.5. The van der Waals surface area contributed by atoms with E-state index in [9.17, 15) is 10.2 Å². The van der Waals surface area contributed by atoms with E-state index in [1.807, 2.05) is 24.6 Å². The number of rotatable bonds is 8. The Morgan fingerprint density at radius 2 is 1.09 bits per heavy atom. The number of aliphatic imine (C=N–C) groups is 2. The standard InChI is InChI=1S/C28H38N2O2/c1-5-19-13-21(7-3)27(31)23(15-19)17-29-25-11-9-10-12-26(25)30-18-24-16-20(6-2)14-22(8-4)28(24)32/h13-18,25-26,31-32H,5-12H2,1-4H3. The lowest BCUT2D eigenvalue weighted by molar-refractivity contribution is 0.390. The third kappa shape index (κ3) is 5.59. The number of phenols is 2. The second kappa shape index (κ2) is 11.3. The zero-order valence-electron chi connectivity index (χ0n) is 20.1. The molecule has 0 aliphatic heterocycles. The Labute approximate surface area is 193 Å². The average molecular weight is 435 g/mol. The van der Waals surface area contributed by atoms with Crippen molar-refractivity contribution in [3.63, 3.8) is 0 Å². The summed E-state index contributed by atoms with van der Waals surface area (Å²) in [5, 5.41) is 21.3. The number of hydrogen-bond donors (Lipinski definition) is 2. The molecular weight excluding hydrogens is 396 g/mol. The van der Waals surface area contributed by atoms with Crippen LogP contribution in [-0.4, -0.2) is 34.7 Å². The molecule has 0 radical (unpaired) electrons. The molecule has 4 nitrogen and oxygen atoms in total. The van der Waals surface area contributed by atoms with E-state index >= 15 is 0 Å². The van der Waals surface area contributed by atoms with E-state index in [-0.39, 0.29) is 12.1 Å². The van der Waals surface area contributed by atoms with Crippen LogP contribution in [0.5, 0.6) is 11.5 Å². The maximum Gasteiger partial charge on any atom is 0.127 e. The first-order valence-electron chi connectivity index (χ1n) is 12.3. The van der Waals surface area contributed by atoms with Crippen LogP contribution < -0.4 is 0 Å². The highest BCUT2D eigenvalue weighted by atomic mass is 16.3. The van der Waals surface area contributed by atoms with Gasteiger partial charge in [-0.3, -0.25) is 9.98 Å². The van der Waals surface area contributed by atoms with E-state index < -0.39 is 0 Å². The van der Waals surface area contributed by atoms with Gasteiger partial charge in [0, 0.05) is 23.6 Å². The summed E-state index contributed by atoms with van der Waals surface area (Å²) in [6.07, 6.45) is 11.4. The fourth-order valence-corrected chi connectivity index (χ4v) is 4.51. The first-order valence-corrected chi connectivity index (χ1v) is 12.3. The van der Waals surface area contributed by atoms with Crippen LogP contribution in [0.25, 0.3) is 0 Å². The van der Waals surface area contributed by atoms with Gasteiger partial charge in [-0.15, -0.1) is 0 Å². The summed E-state index contributed by atoms with van der Waals surface area (Å²) < 4.78 is 0. The van der Waals surface area contributed by atoms with Crippen LogP contribution in [0.15, 0.2) is 34.3 Å². The number of phenolic OH excluding ortho intramolecular Hbond substituents is 2. The Kier molecular flexibility index (Phi) is 8.49. The molecule has 0 bridgehead atoms. The molecule has 0 aromatic heterocycles. The first kappa shape index (κ1) is 24.0. The lowest BCUT2D eigenvalue weighted by Gasteiger charge is -2.25. The molecule has 2 unspecified atom stereocenters. The quantitative estimate of drug-likeness (QED) is 0.486. The minimum absolute atomic E-state index is 0.0944. The monoisotopic (exact) mass is 434 g/mol. The molecule has 2 atom stereocenters. The molecule has 1 saturated carbocycles. The summed E-state index contributed by atoms with van der Waals surface area (Å²) >= 11 is 0. The molecule has 1 aliphatic rings. The molecule has 2 N–H and O–H groups in total. The van der Waals surface area contributed by atoms with Gasteiger partial charge in [0.1, 0.15) is 11.5 Å². The normalized spacial score (nSPS) is 19.2. The SMILES string of the molecule is CCc1cc(C=NC2CCCCC2N=Cc2cc(CC)cc(CC)c2O)c(O)c(CC)c1. The molecule has 0 amide bonds. The Morgan fingerprint density at radius 3 is 1.44 bits per heavy atom. The van der Waals surface area contributed by atoms with Gasteiger partial charge in [0.2, 0.25) is 0 Å². The number of aromatic hydroxyl groups is 2. The molecule has 2 aromatic carbocycles. The molecule has 3 rings (SSSR count). The summed E-state index contributed by atoms with van der Waals surface area (Å²) in [6.45, 7) is 8.39. The molecule has 0 heterocycles. The van der Waals surface area contributed by atoms with Gasteiger partial charge >= 0.3 is 0 Å². The number of benzene rings is 2. The number of nitrogens with zero attached hydrogens (tertiary/aromatic N) is 2. The van der Waals surface area contributed by atoms with Crippen LogP contribution in [-0.2, 0) is 25.7 Å². The predicted octanol–water partition coefficient (Wildman–Crippen LogP) is 6.20. The van der Waals surface area contributed by atoms with Gasteiger partial charge in [0.25, 0.3) is 0 Å². The van der Waals surface area contributed by atoms with Crippen LogP contribution in [0, 0.1) is 0 Å². The summed E-state index contributed by atoms with van der Waals surface area (Å²) in [6, 6.07) is 8.44. The van der Waals surface area contributed by atoms with Gasteiger partial charge in [-0.1, -0.05) is 52.7 Å². The van der Waals surface area contributed by atoms with Crippen LogP contribution in [0.4, 0.5) is 0 Å². The maximum atomic E-state index is 10.6. The van der Waals surface area contributed by atoms with Crippen molar-refractivity contribution < 1.29 is 10.2 Å². The largest absolute Gasteiger partial charge is 0.507 e. The number of aryl methyl sites for hydroxylation is 4. The van der Waals surface area contributed by atoms with Crippen LogP contribution in [0.2, 0.25) is 0 Å². The molecular formula is C28H38N2O2. The van der Waals surface area contributed by atoms with Crippen molar-refractivity contribution >= 4 is 12.4 Å². The zero-order chi connectivity index (χ0) is 23.1. The second-order valence-corrected chi connectivity index (χ2v) is 8.78. The van der Waals surface area contributed by atoms with Gasteiger partial charge in [-0.25, -0.2) is 0 Å². The lowest BCUT2D eigenvalue weighted by Crippen LogP contribution is -2.27. The van der Waals surface area contributed by atoms with Crippen molar-refractivity contribution in [1.82, 2.24) is 0 Å². The fourth-order valence-electron chi connectivity index (χ4n) is 4.51. The van der Waals surface area contributed by atoms with Gasteiger partial charge in [-0.2, -0.15) is 0 Å². The van der Waals surface area contributed by atoms with Crippen LogP contribution in [0.3, 0.4) is 0 Å². The van der Waals surface area contributed by atoms with Crippen molar-refractivity contribution in [3.8, 4) is 11.5 Å². The Morgan fingerprint density at radius 1 is 0.688 bits per heavy atom. The van der Waals surface area contributed by atoms with E-state index in [1.54, 1.807) is 0 Å². The Balaban J connectivity index is 1.85. The van der Waals surface area contributed by atoms with Crippen LogP contribution in [0.1, 0.15) is 86.8 Å². The third-order valence-corrected chi connectivity index (χ3v) is 6.64. The summed E-state index contributed by atoms with van der Waals surface area (Å²) in [4.78, 5) is 9.77. The highest BCUT2D eigenvalue weighted by Gasteiger charge is 2.23. The highest BCUT2D eigenvalue weighted by Crippen LogP contribution is 2.28. The molecule has 4 heteroatoms. The molecule has 1 fully saturated rings. The predicted molar refractivity (Wildman–Crippen MR) is 135 cm³/mol. The minimum Gasteiger partial charge on any atom is -0.507 e. The Hall–Kier alpha value is -2.62. The lowest BCUT2D eigenvalue weighted by atomic mass is 9.91. The molecule has 2 aromatic rings. The zero-order valence-corrected chi connectivity index (χ0v) is 20.1. The van der Waals surface area contributed by atoms with E-state index in [0.717, 1.165) is 73.6 Å². The maximum absolute atomic E-state index is 10.6. The second-order valence-electron chi connectivity index (χ2n) is 8.78.